The fourth-order valence-electron chi connectivity index (χ4n) is 2.55. The average molecular weight is 276 g/mol. The third-order valence-electron chi connectivity index (χ3n) is 3.93. The van der Waals surface area contributed by atoms with Crippen molar-refractivity contribution in [2.45, 2.75) is 45.2 Å². The maximum Gasteiger partial charge on any atom is 0.258 e. The molecule has 2 N–H and O–H groups in total. The van der Waals surface area contributed by atoms with E-state index in [2.05, 4.69) is 22.8 Å². The van der Waals surface area contributed by atoms with Crippen LogP contribution < -0.4 is 15.4 Å². The Hall–Kier alpha value is -1.55. The number of carbonyl (C=O) groups is 1. The highest BCUT2D eigenvalue weighted by molar-refractivity contribution is 5.77. The molecule has 2 atom stereocenters. The van der Waals surface area contributed by atoms with E-state index in [1.54, 1.807) is 0 Å². The molecule has 1 aliphatic carbocycles. The number of aryl methyl sites for hydroxylation is 1. The molecule has 4 nitrogen and oxygen atoms in total. The Bertz CT molecular complexity index is 474. The van der Waals surface area contributed by atoms with Gasteiger partial charge in [-0.1, -0.05) is 13.0 Å². The number of hydrogen-bond donors (Lipinski definition) is 2. The van der Waals surface area contributed by atoms with Crippen LogP contribution in [0.2, 0.25) is 0 Å². The van der Waals surface area contributed by atoms with E-state index in [1.165, 1.54) is 11.1 Å². The SMILES string of the molecule is CCC(C)NC(=O)COc1ccc2c(c1)CCC2NC. The Morgan fingerprint density at radius 3 is 3.00 bits per heavy atom. The molecule has 0 spiro atoms. The van der Waals surface area contributed by atoms with Gasteiger partial charge in [0.05, 0.1) is 0 Å². The van der Waals surface area contributed by atoms with Crippen molar-refractivity contribution in [3.63, 3.8) is 0 Å². The molecule has 1 aromatic rings. The van der Waals surface area contributed by atoms with Crippen LogP contribution in [-0.2, 0) is 11.2 Å². The van der Waals surface area contributed by atoms with Crippen LogP contribution >= 0.6 is 0 Å². The lowest BCUT2D eigenvalue weighted by atomic mass is 10.1. The fraction of sp³-hybridized carbons (Fsp3) is 0.562. The van der Waals surface area contributed by atoms with Crippen molar-refractivity contribution in [3.05, 3.63) is 29.3 Å². The monoisotopic (exact) mass is 276 g/mol. The van der Waals surface area contributed by atoms with Crippen LogP contribution in [0.15, 0.2) is 18.2 Å². The van der Waals surface area contributed by atoms with Gasteiger partial charge in [0, 0.05) is 12.1 Å². The Morgan fingerprint density at radius 2 is 2.30 bits per heavy atom. The highest BCUT2D eigenvalue weighted by Gasteiger charge is 2.21. The zero-order valence-electron chi connectivity index (χ0n) is 12.5. The summed E-state index contributed by atoms with van der Waals surface area (Å²) in [6.45, 7) is 4.12. The van der Waals surface area contributed by atoms with Crippen LogP contribution in [0.4, 0.5) is 0 Å². The largest absolute Gasteiger partial charge is 0.484 e. The van der Waals surface area contributed by atoms with E-state index < -0.39 is 0 Å². The number of fused-ring (bicyclic) bond motifs is 1. The molecule has 0 heterocycles. The summed E-state index contributed by atoms with van der Waals surface area (Å²) in [5, 5.41) is 6.21. The topological polar surface area (TPSA) is 50.4 Å². The Kier molecular flexibility index (Phi) is 5.01. The molecule has 0 bridgehead atoms. The molecule has 1 aromatic carbocycles. The average Bonchev–Trinajstić information content (AvgIpc) is 2.87. The van der Waals surface area contributed by atoms with Gasteiger partial charge < -0.3 is 15.4 Å². The van der Waals surface area contributed by atoms with Crippen LogP contribution in [0.25, 0.3) is 0 Å². The van der Waals surface area contributed by atoms with Crippen molar-refractivity contribution in [1.29, 1.82) is 0 Å². The van der Waals surface area contributed by atoms with Crippen LogP contribution in [0, 0.1) is 0 Å². The molecule has 1 amide bonds. The molecule has 0 aromatic heterocycles. The van der Waals surface area contributed by atoms with E-state index >= 15 is 0 Å². The summed E-state index contributed by atoms with van der Waals surface area (Å²) in [5.41, 5.74) is 2.67. The first-order valence-corrected chi connectivity index (χ1v) is 7.36. The van der Waals surface area contributed by atoms with Gasteiger partial charge in [-0.05, 0) is 56.5 Å². The molecule has 0 radical (unpaired) electrons. The molecule has 4 heteroatoms. The molecular weight excluding hydrogens is 252 g/mol. The molecule has 0 aliphatic heterocycles. The number of rotatable bonds is 6. The van der Waals surface area contributed by atoms with Gasteiger partial charge in [0.25, 0.3) is 5.91 Å². The minimum atomic E-state index is -0.0621. The summed E-state index contributed by atoms with van der Waals surface area (Å²) in [6, 6.07) is 6.76. The fourth-order valence-corrected chi connectivity index (χ4v) is 2.55. The van der Waals surface area contributed by atoms with Gasteiger partial charge in [0.2, 0.25) is 0 Å². The van der Waals surface area contributed by atoms with Crippen LogP contribution in [0.3, 0.4) is 0 Å². The molecule has 110 valence electrons. The molecule has 0 saturated heterocycles. The molecule has 2 rings (SSSR count). The highest BCUT2D eigenvalue weighted by atomic mass is 16.5. The van der Waals surface area contributed by atoms with Gasteiger partial charge in [-0.25, -0.2) is 0 Å². The summed E-state index contributed by atoms with van der Waals surface area (Å²) in [7, 11) is 1.99. The van der Waals surface area contributed by atoms with Crippen molar-refractivity contribution < 1.29 is 9.53 Å². The van der Waals surface area contributed by atoms with Crippen molar-refractivity contribution in [2.24, 2.45) is 0 Å². The molecule has 20 heavy (non-hydrogen) atoms. The van der Waals surface area contributed by atoms with E-state index in [9.17, 15) is 4.79 Å². The predicted octanol–water partition coefficient (Wildman–Crippen LogP) is 2.19. The number of hydrogen-bond acceptors (Lipinski definition) is 3. The van der Waals surface area contributed by atoms with E-state index in [0.29, 0.717) is 6.04 Å². The molecule has 0 fully saturated rings. The quantitative estimate of drug-likeness (QED) is 0.837. The van der Waals surface area contributed by atoms with Gasteiger partial charge >= 0.3 is 0 Å². The van der Waals surface area contributed by atoms with Crippen molar-refractivity contribution in [1.82, 2.24) is 10.6 Å². The zero-order valence-corrected chi connectivity index (χ0v) is 12.5. The normalized spacial score (nSPS) is 18.4. The first kappa shape index (κ1) is 14.9. The maximum absolute atomic E-state index is 11.7. The molecule has 1 aliphatic rings. The van der Waals surface area contributed by atoms with E-state index in [0.717, 1.165) is 25.0 Å². The summed E-state index contributed by atoms with van der Waals surface area (Å²) in [6.07, 6.45) is 3.12. The van der Waals surface area contributed by atoms with Crippen molar-refractivity contribution in [3.8, 4) is 5.75 Å². The lowest BCUT2D eigenvalue weighted by Crippen LogP contribution is -2.35. The minimum Gasteiger partial charge on any atom is -0.484 e. The second-order valence-corrected chi connectivity index (χ2v) is 5.41. The van der Waals surface area contributed by atoms with Gasteiger partial charge in [-0.2, -0.15) is 0 Å². The summed E-state index contributed by atoms with van der Waals surface area (Å²) in [5.74, 6) is 0.716. The molecule has 0 saturated carbocycles. The van der Waals surface area contributed by atoms with Gasteiger partial charge in [-0.15, -0.1) is 0 Å². The smallest absolute Gasteiger partial charge is 0.258 e. The van der Waals surface area contributed by atoms with E-state index in [1.807, 2.05) is 27.0 Å². The Labute approximate surface area is 120 Å². The summed E-state index contributed by atoms with van der Waals surface area (Å²) >= 11 is 0. The van der Waals surface area contributed by atoms with Gasteiger partial charge in [-0.3, -0.25) is 4.79 Å². The van der Waals surface area contributed by atoms with E-state index in [-0.39, 0.29) is 18.6 Å². The molecule has 2 unspecified atom stereocenters. The minimum absolute atomic E-state index is 0.0621. The van der Waals surface area contributed by atoms with E-state index in [4.69, 9.17) is 4.74 Å². The lowest BCUT2D eigenvalue weighted by molar-refractivity contribution is -0.123. The van der Waals surface area contributed by atoms with Crippen LogP contribution in [0.1, 0.15) is 43.9 Å². The summed E-state index contributed by atoms with van der Waals surface area (Å²) in [4.78, 5) is 11.7. The lowest BCUT2D eigenvalue weighted by Gasteiger charge is -2.13. The number of nitrogens with one attached hydrogen (secondary N) is 2. The van der Waals surface area contributed by atoms with Crippen LogP contribution in [0.5, 0.6) is 5.75 Å². The second kappa shape index (κ2) is 6.75. The maximum atomic E-state index is 11.7. The van der Waals surface area contributed by atoms with Crippen LogP contribution in [-0.4, -0.2) is 25.6 Å². The predicted molar refractivity (Wildman–Crippen MR) is 80.0 cm³/mol. The number of carbonyl (C=O) groups excluding carboxylic acids is 1. The third-order valence-corrected chi connectivity index (χ3v) is 3.93. The first-order valence-electron chi connectivity index (χ1n) is 7.36. The standard InChI is InChI=1S/C16H24N2O2/c1-4-11(2)18-16(19)10-20-13-6-7-14-12(9-13)5-8-15(14)17-3/h6-7,9,11,15,17H,4-5,8,10H2,1-3H3,(H,18,19). The highest BCUT2D eigenvalue weighted by Crippen LogP contribution is 2.33. The summed E-state index contributed by atoms with van der Waals surface area (Å²) < 4.78 is 5.57. The second-order valence-electron chi connectivity index (χ2n) is 5.41. The van der Waals surface area contributed by atoms with Crippen molar-refractivity contribution >= 4 is 5.91 Å². The number of ether oxygens (including phenoxy) is 1. The Morgan fingerprint density at radius 1 is 1.50 bits per heavy atom. The van der Waals surface area contributed by atoms with Gasteiger partial charge in [0.15, 0.2) is 6.61 Å². The first-order chi connectivity index (χ1) is 9.63. The van der Waals surface area contributed by atoms with Crippen molar-refractivity contribution in [2.75, 3.05) is 13.7 Å². The third kappa shape index (κ3) is 3.51. The number of benzene rings is 1. The molecular formula is C16H24N2O2. The Balaban J connectivity index is 1.90. The number of amides is 1. The van der Waals surface area contributed by atoms with Gasteiger partial charge in [0.1, 0.15) is 5.75 Å². The zero-order chi connectivity index (χ0) is 14.5.